The molecule has 6 atom stereocenters. The number of fused-ring (bicyclic) bond motifs is 4. The number of methoxy groups -OCH3 is 1. The SMILES string of the molecule is COc1ccc(C2C3=CCC4C(=O)N(C(N)=O)C(=O)C4C3CC3C(=O)N(Nc4ccc(F)cc4)C(=O)C32c2ccc(Cl)cc2)c(O)c1. The van der Waals surface area contributed by atoms with E-state index < -0.39 is 70.5 Å². The molecule has 0 bridgehead atoms. The molecule has 3 aromatic rings. The lowest BCUT2D eigenvalue weighted by atomic mass is 9.49. The number of benzene rings is 3. The van der Waals surface area contributed by atoms with E-state index in [4.69, 9.17) is 22.1 Å². The highest BCUT2D eigenvalue weighted by atomic mass is 35.5. The van der Waals surface area contributed by atoms with E-state index in [1.807, 2.05) is 0 Å². The quantitative estimate of drug-likeness (QED) is 0.271. The van der Waals surface area contributed by atoms with E-state index in [9.17, 15) is 28.7 Å². The molecule has 240 valence electrons. The summed E-state index contributed by atoms with van der Waals surface area (Å²) in [5.41, 5.74) is 8.17. The highest BCUT2D eigenvalue weighted by molar-refractivity contribution is 6.30. The molecule has 7 rings (SSSR count). The Bertz CT molecular complexity index is 1900. The fraction of sp³-hybridized carbons (Fsp3) is 0.265. The molecule has 1 saturated carbocycles. The third kappa shape index (κ3) is 4.34. The van der Waals surface area contributed by atoms with Crippen LogP contribution in [0.2, 0.25) is 5.02 Å². The number of nitrogens with zero attached hydrogens (tertiary/aromatic N) is 2. The third-order valence-corrected chi connectivity index (χ3v) is 10.3. The number of phenolic OH excluding ortho intramolecular Hbond substituents is 1. The second-order valence-corrected chi connectivity index (χ2v) is 12.6. The fourth-order valence-corrected chi connectivity index (χ4v) is 8.24. The van der Waals surface area contributed by atoms with Crippen LogP contribution in [0.4, 0.5) is 14.9 Å². The van der Waals surface area contributed by atoms with Gasteiger partial charge in [-0.2, -0.15) is 9.91 Å². The normalized spacial score (nSPS) is 28.1. The minimum absolute atomic E-state index is 0.0408. The minimum Gasteiger partial charge on any atom is -0.508 e. The number of hydrazine groups is 1. The van der Waals surface area contributed by atoms with Gasteiger partial charge in [-0.15, -0.1) is 0 Å². The van der Waals surface area contributed by atoms with E-state index in [1.54, 1.807) is 42.5 Å². The van der Waals surface area contributed by atoms with Gasteiger partial charge in [0.2, 0.25) is 11.8 Å². The second kappa shape index (κ2) is 10.9. The van der Waals surface area contributed by atoms with Crippen molar-refractivity contribution in [1.82, 2.24) is 9.91 Å². The van der Waals surface area contributed by atoms with Crippen LogP contribution in [0.15, 0.2) is 78.4 Å². The van der Waals surface area contributed by atoms with Crippen molar-refractivity contribution >= 4 is 46.9 Å². The number of carbonyl (C=O) groups excluding carboxylic acids is 5. The molecule has 11 nitrogen and oxygen atoms in total. The molecular formula is C34H28ClFN4O7. The lowest BCUT2D eigenvalue weighted by Crippen LogP contribution is -2.53. The molecule has 0 spiro atoms. The molecule has 4 aliphatic rings. The Hall–Kier alpha value is -5.23. The first kappa shape index (κ1) is 30.4. The van der Waals surface area contributed by atoms with E-state index in [-0.39, 0.29) is 29.8 Å². The molecule has 3 aromatic carbocycles. The van der Waals surface area contributed by atoms with Crippen LogP contribution in [0.5, 0.6) is 11.5 Å². The number of anilines is 1. The zero-order chi connectivity index (χ0) is 33.4. The van der Waals surface area contributed by atoms with Crippen molar-refractivity contribution in [2.24, 2.45) is 29.4 Å². The highest BCUT2D eigenvalue weighted by Gasteiger charge is 2.70. The van der Waals surface area contributed by atoms with Crippen LogP contribution in [0.3, 0.4) is 0 Å². The number of aromatic hydroxyl groups is 1. The average molecular weight is 659 g/mol. The maximum Gasteiger partial charge on any atom is 0.328 e. The van der Waals surface area contributed by atoms with Gasteiger partial charge in [0.25, 0.3) is 11.8 Å². The van der Waals surface area contributed by atoms with Crippen LogP contribution in [0.25, 0.3) is 0 Å². The van der Waals surface area contributed by atoms with Gasteiger partial charge in [0.05, 0.1) is 36.0 Å². The summed E-state index contributed by atoms with van der Waals surface area (Å²) in [5.74, 6) is -7.98. The first-order chi connectivity index (χ1) is 22.5. The third-order valence-electron chi connectivity index (χ3n) is 10.0. The van der Waals surface area contributed by atoms with Crippen molar-refractivity contribution in [3.05, 3.63) is 100 Å². The van der Waals surface area contributed by atoms with Crippen molar-refractivity contribution < 1.29 is 38.2 Å². The monoisotopic (exact) mass is 658 g/mol. The summed E-state index contributed by atoms with van der Waals surface area (Å²) in [6, 6.07) is 15.1. The second-order valence-electron chi connectivity index (χ2n) is 12.1. The number of rotatable bonds is 5. The van der Waals surface area contributed by atoms with E-state index in [1.165, 1.54) is 37.4 Å². The van der Waals surface area contributed by atoms with Crippen molar-refractivity contribution in [3.63, 3.8) is 0 Å². The largest absolute Gasteiger partial charge is 0.508 e. The Labute approximate surface area is 272 Å². The zero-order valence-corrected chi connectivity index (χ0v) is 25.6. The van der Waals surface area contributed by atoms with Gasteiger partial charge in [-0.25, -0.2) is 9.18 Å². The predicted octanol–water partition coefficient (Wildman–Crippen LogP) is 4.26. The molecule has 2 heterocycles. The average Bonchev–Trinajstić information content (AvgIpc) is 3.43. The van der Waals surface area contributed by atoms with E-state index in [0.29, 0.717) is 26.8 Å². The maximum atomic E-state index is 15.0. The predicted molar refractivity (Wildman–Crippen MR) is 165 cm³/mol. The highest BCUT2D eigenvalue weighted by Crippen LogP contribution is 2.65. The van der Waals surface area contributed by atoms with Crippen LogP contribution in [0, 0.1) is 29.5 Å². The molecule has 2 saturated heterocycles. The number of hydrogen-bond acceptors (Lipinski definition) is 8. The van der Waals surface area contributed by atoms with Gasteiger partial charge in [-0.3, -0.25) is 24.6 Å². The molecule has 4 N–H and O–H groups in total. The molecule has 0 radical (unpaired) electrons. The van der Waals surface area contributed by atoms with Crippen molar-refractivity contribution in [1.29, 1.82) is 0 Å². The lowest BCUT2D eigenvalue weighted by Gasteiger charge is -2.50. The van der Waals surface area contributed by atoms with Crippen LogP contribution in [0.1, 0.15) is 29.9 Å². The van der Waals surface area contributed by atoms with Crippen molar-refractivity contribution in [2.75, 3.05) is 12.5 Å². The number of halogens is 2. The smallest absolute Gasteiger partial charge is 0.328 e. The maximum absolute atomic E-state index is 15.0. The number of likely N-dealkylation sites (tertiary alicyclic amines) is 1. The summed E-state index contributed by atoms with van der Waals surface area (Å²) in [6.45, 7) is 0. The molecule has 0 aromatic heterocycles. The molecule has 6 amide bonds. The number of carbonyl (C=O) groups is 5. The molecule has 47 heavy (non-hydrogen) atoms. The number of hydrogen-bond donors (Lipinski definition) is 3. The van der Waals surface area contributed by atoms with Crippen LogP contribution in [-0.4, -0.2) is 51.8 Å². The van der Waals surface area contributed by atoms with Gasteiger partial charge < -0.3 is 15.6 Å². The van der Waals surface area contributed by atoms with E-state index in [0.717, 1.165) is 5.01 Å². The number of amides is 6. The fourth-order valence-electron chi connectivity index (χ4n) is 8.11. The van der Waals surface area contributed by atoms with Crippen molar-refractivity contribution in [3.8, 4) is 11.5 Å². The summed E-state index contributed by atoms with van der Waals surface area (Å²) in [7, 11) is 1.44. The van der Waals surface area contributed by atoms with Crippen LogP contribution in [-0.2, 0) is 24.6 Å². The number of urea groups is 1. The molecule has 13 heteroatoms. The number of ether oxygens (including phenoxy) is 1. The number of imide groups is 4. The van der Waals surface area contributed by atoms with E-state index in [2.05, 4.69) is 5.43 Å². The first-order valence-corrected chi connectivity index (χ1v) is 15.3. The standard InChI is InChI=1S/C34H28ClFN4O7/c1-47-20-10-11-22(26(41)14-20)28-21-12-13-23-27(31(44)39(29(23)42)33(37)46)24(21)15-25-30(43)40(38-19-8-6-18(36)7-9-19)32(45)34(25,28)16-2-4-17(35)5-3-16/h2-12,14,23-25,27-28,38,41H,13,15H2,1H3,(H2,37,46). The Morgan fingerprint density at radius 3 is 2.34 bits per heavy atom. The minimum atomic E-state index is -1.68. The summed E-state index contributed by atoms with van der Waals surface area (Å²) >= 11 is 6.28. The molecule has 3 fully saturated rings. The zero-order valence-electron chi connectivity index (χ0n) is 24.9. The van der Waals surface area contributed by atoms with Crippen LogP contribution < -0.4 is 15.9 Å². The van der Waals surface area contributed by atoms with Gasteiger partial charge in [0.15, 0.2) is 0 Å². The lowest BCUT2D eigenvalue weighted by molar-refractivity contribution is -0.139. The van der Waals surface area contributed by atoms with Crippen molar-refractivity contribution in [2.45, 2.75) is 24.2 Å². The Morgan fingerprint density at radius 2 is 1.70 bits per heavy atom. The van der Waals surface area contributed by atoms with Gasteiger partial charge in [-0.1, -0.05) is 41.4 Å². The number of primary amides is 1. The number of phenols is 1. The summed E-state index contributed by atoms with van der Waals surface area (Å²) in [5, 5.41) is 12.8. The van der Waals surface area contributed by atoms with E-state index >= 15 is 4.79 Å². The summed E-state index contributed by atoms with van der Waals surface area (Å²) < 4.78 is 19.1. The Morgan fingerprint density at radius 1 is 1.00 bits per heavy atom. The Kier molecular flexibility index (Phi) is 7.08. The molecule has 2 aliphatic carbocycles. The van der Waals surface area contributed by atoms with Gasteiger partial charge in [0.1, 0.15) is 17.3 Å². The Balaban J connectivity index is 1.47. The van der Waals surface area contributed by atoms with Crippen LogP contribution >= 0.6 is 11.6 Å². The molecule has 2 aliphatic heterocycles. The number of nitrogens with one attached hydrogen (secondary N) is 1. The summed E-state index contributed by atoms with van der Waals surface area (Å²) in [4.78, 5) is 69.1. The molecular weight excluding hydrogens is 631 g/mol. The van der Waals surface area contributed by atoms with Gasteiger partial charge >= 0.3 is 6.03 Å². The topological polar surface area (TPSA) is 159 Å². The van der Waals surface area contributed by atoms with Gasteiger partial charge in [0, 0.05) is 22.6 Å². The first-order valence-electron chi connectivity index (χ1n) is 14.9. The van der Waals surface area contributed by atoms with Gasteiger partial charge in [-0.05, 0) is 66.8 Å². The number of allylic oxidation sites excluding steroid dienone is 2. The summed E-state index contributed by atoms with van der Waals surface area (Å²) in [6.07, 6.45) is 1.80. The number of nitrogens with two attached hydrogens (primary N) is 1. The molecule has 6 unspecified atom stereocenters.